The van der Waals surface area contributed by atoms with Crippen LogP contribution in [0, 0.1) is 5.41 Å². The van der Waals surface area contributed by atoms with E-state index in [4.69, 9.17) is 9.47 Å². The van der Waals surface area contributed by atoms with Gasteiger partial charge in [-0.05, 0) is 47.5 Å². The molecule has 0 aliphatic rings. The molecule has 0 aliphatic carbocycles. The van der Waals surface area contributed by atoms with E-state index in [0.717, 1.165) is 6.42 Å². The normalized spacial score (nSPS) is 12.1. The van der Waals surface area contributed by atoms with Crippen molar-refractivity contribution >= 4 is 11.9 Å². The maximum Gasteiger partial charge on any atom is 0.311 e. The van der Waals surface area contributed by atoms with E-state index < -0.39 is 11.0 Å². The minimum atomic E-state index is -0.460. The van der Waals surface area contributed by atoms with Crippen LogP contribution in [0.2, 0.25) is 0 Å². The number of ether oxygens (including phenoxy) is 2. The molecule has 0 fully saturated rings. The first-order valence-corrected chi connectivity index (χ1v) is 6.47. The van der Waals surface area contributed by atoms with Gasteiger partial charge in [0, 0.05) is 6.42 Å². The third-order valence-electron chi connectivity index (χ3n) is 2.61. The molecule has 0 aromatic carbocycles. The lowest BCUT2D eigenvalue weighted by atomic mass is 9.91. The topological polar surface area (TPSA) is 52.6 Å². The quantitative estimate of drug-likeness (QED) is 0.542. The Kier molecular flexibility index (Phi) is 6.36. The highest BCUT2D eigenvalue weighted by molar-refractivity contribution is 5.75. The van der Waals surface area contributed by atoms with Gasteiger partial charge in [0.1, 0.15) is 5.60 Å². The Morgan fingerprint density at radius 1 is 1.06 bits per heavy atom. The van der Waals surface area contributed by atoms with Crippen LogP contribution in [-0.2, 0) is 19.1 Å². The molecule has 0 aromatic rings. The third-order valence-corrected chi connectivity index (χ3v) is 2.61. The summed E-state index contributed by atoms with van der Waals surface area (Å²) in [4.78, 5) is 23.0. The molecule has 0 saturated carbocycles. The van der Waals surface area contributed by atoms with E-state index in [0.29, 0.717) is 6.42 Å². The lowest BCUT2D eigenvalue weighted by molar-refractivity contribution is -0.158. The molecule has 0 aliphatic heterocycles. The average Bonchev–Trinajstić information content (AvgIpc) is 2.21. The second-order valence-electron chi connectivity index (χ2n) is 6.06. The van der Waals surface area contributed by atoms with Crippen molar-refractivity contribution in [1.82, 2.24) is 0 Å². The van der Waals surface area contributed by atoms with Crippen LogP contribution in [0.4, 0.5) is 0 Å². The second-order valence-corrected chi connectivity index (χ2v) is 6.06. The average molecular weight is 258 g/mol. The van der Waals surface area contributed by atoms with Crippen LogP contribution in [-0.4, -0.2) is 24.1 Å². The summed E-state index contributed by atoms with van der Waals surface area (Å²) >= 11 is 0. The van der Waals surface area contributed by atoms with Gasteiger partial charge in [0.05, 0.1) is 12.0 Å². The van der Waals surface area contributed by atoms with E-state index >= 15 is 0 Å². The van der Waals surface area contributed by atoms with E-state index in [1.165, 1.54) is 0 Å². The molecule has 0 amide bonds. The molecule has 106 valence electrons. The molecule has 0 unspecified atom stereocenters. The highest BCUT2D eigenvalue weighted by atomic mass is 16.6. The summed E-state index contributed by atoms with van der Waals surface area (Å²) in [5, 5.41) is 0. The molecular weight excluding hydrogens is 232 g/mol. The van der Waals surface area contributed by atoms with Crippen molar-refractivity contribution in [2.75, 3.05) is 6.61 Å². The lowest BCUT2D eigenvalue weighted by Crippen LogP contribution is -2.26. The van der Waals surface area contributed by atoms with Crippen molar-refractivity contribution in [3.8, 4) is 0 Å². The Hall–Kier alpha value is -1.06. The van der Waals surface area contributed by atoms with Crippen LogP contribution < -0.4 is 0 Å². The summed E-state index contributed by atoms with van der Waals surface area (Å²) in [6, 6.07) is 0. The van der Waals surface area contributed by atoms with Crippen LogP contribution in [0.3, 0.4) is 0 Å². The first-order chi connectivity index (χ1) is 8.08. The summed E-state index contributed by atoms with van der Waals surface area (Å²) in [5.41, 5.74) is -0.913. The van der Waals surface area contributed by atoms with Gasteiger partial charge in [-0.25, -0.2) is 0 Å². The van der Waals surface area contributed by atoms with Gasteiger partial charge >= 0.3 is 11.9 Å². The molecule has 0 N–H and O–H groups in total. The van der Waals surface area contributed by atoms with Gasteiger partial charge in [-0.2, -0.15) is 0 Å². The Balaban J connectivity index is 3.82. The Morgan fingerprint density at radius 2 is 1.61 bits per heavy atom. The number of hydrogen-bond acceptors (Lipinski definition) is 4. The van der Waals surface area contributed by atoms with Crippen LogP contribution in [0.25, 0.3) is 0 Å². The molecule has 0 radical (unpaired) electrons. The SMILES string of the molecule is CCC(C)(C)C(=O)OCCCC(=O)OC(C)(C)C. The van der Waals surface area contributed by atoms with Gasteiger partial charge in [-0.3, -0.25) is 9.59 Å². The Labute approximate surface area is 110 Å². The van der Waals surface area contributed by atoms with Gasteiger partial charge in [-0.1, -0.05) is 6.92 Å². The summed E-state index contributed by atoms with van der Waals surface area (Å²) in [6.45, 7) is 11.4. The van der Waals surface area contributed by atoms with Crippen molar-refractivity contribution in [2.45, 2.75) is 66.4 Å². The fourth-order valence-electron chi connectivity index (χ4n) is 1.11. The molecule has 0 atom stereocenters. The minimum Gasteiger partial charge on any atom is -0.465 e. The Morgan fingerprint density at radius 3 is 2.06 bits per heavy atom. The smallest absolute Gasteiger partial charge is 0.311 e. The van der Waals surface area contributed by atoms with E-state index in [9.17, 15) is 9.59 Å². The number of carbonyl (C=O) groups is 2. The first-order valence-electron chi connectivity index (χ1n) is 6.47. The van der Waals surface area contributed by atoms with Crippen molar-refractivity contribution in [1.29, 1.82) is 0 Å². The zero-order chi connectivity index (χ0) is 14.4. The van der Waals surface area contributed by atoms with E-state index in [-0.39, 0.29) is 25.0 Å². The highest BCUT2D eigenvalue weighted by Crippen LogP contribution is 2.21. The lowest BCUT2D eigenvalue weighted by Gasteiger charge is -2.21. The van der Waals surface area contributed by atoms with Gasteiger partial charge in [0.2, 0.25) is 0 Å². The van der Waals surface area contributed by atoms with E-state index in [1.54, 1.807) is 0 Å². The van der Waals surface area contributed by atoms with E-state index in [2.05, 4.69) is 0 Å². The number of carbonyl (C=O) groups excluding carboxylic acids is 2. The molecule has 18 heavy (non-hydrogen) atoms. The predicted octanol–water partition coefficient (Wildman–Crippen LogP) is 3.09. The summed E-state index contributed by atoms with van der Waals surface area (Å²) in [7, 11) is 0. The first kappa shape index (κ1) is 16.9. The zero-order valence-electron chi connectivity index (χ0n) is 12.5. The molecule has 4 heteroatoms. The summed E-state index contributed by atoms with van der Waals surface area (Å²) < 4.78 is 10.3. The van der Waals surface area contributed by atoms with Crippen molar-refractivity contribution in [2.24, 2.45) is 5.41 Å². The minimum absolute atomic E-state index is 0.214. The molecule has 0 bridgehead atoms. The zero-order valence-corrected chi connectivity index (χ0v) is 12.5. The van der Waals surface area contributed by atoms with Crippen molar-refractivity contribution in [3.05, 3.63) is 0 Å². The van der Waals surface area contributed by atoms with Crippen LogP contribution in [0.1, 0.15) is 60.8 Å². The maximum absolute atomic E-state index is 11.6. The summed E-state index contributed by atoms with van der Waals surface area (Å²) in [6.07, 6.45) is 1.51. The summed E-state index contributed by atoms with van der Waals surface area (Å²) in [5.74, 6) is -0.470. The van der Waals surface area contributed by atoms with E-state index in [1.807, 2.05) is 41.5 Å². The number of esters is 2. The van der Waals surface area contributed by atoms with Crippen LogP contribution in [0.15, 0.2) is 0 Å². The monoisotopic (exact) mass is 258 g/mol. The molecule has 0 heterocycles. The third kappa shape index (κ3) is 7.30. The molecule has 0 spiro atoms. The highest BCUT2D eigenvalue weighted by Gasteiger charge is 2.26. The molecular formula is C14H26O4. The van der Waals surface area contributed by atoms with Gasteiger partial charge < -0.3 is 9.47 Å². The van der Waals surface area contributed by atoms with Crippen LogP contribution >= 0.6 is 0 Å². The van der Waals surface area contributed by atoms with Gasteiger partial charge in [0.25, 0.3) is 0 Å². The largest absolute Gasteiger partial charge is 0.465 e. The maximum atomic E-state index is 11.6. The van der Waals surface area contributed by atoms with Gasteiger partial charge in [0.15, 0.2) is 0 Å². The molecule has 4 nitrogen and oxygen atoms in total. The molecule has 0 rings (SSSR count). The number of hydrogen-bond donors (Lipinski definition) is 0. The van der Waals surface area contributed by atoms with Crippen LogP contribution in [0.5, 0.6) is 0 Å². The standard InChI is InChI=1S/C14H26O4/c1-7-14(5,6)12(16)17-10-8-9-11(15)18-13(2,3)4/h7-10H2,1-6H3. The second kappa shape index (κ2) is 6.76. The predicted molar refractivity (Wildman–Crippen MR) is 70.1 cm³/mol. The van der Waals surface area contributed by atoms with Crippen molar-refractivity contribution in [3.63, 3.8) is 0 Å². The molecule has 0 aromatic heterocycles. The van der Waals surface area contributed by atoms with Gasteiger partial charge in [-0.15, -0.1) is 0 Å². The fourth-order valence-corrected chi connectivity index (χ4v) is 1.11. The fraction of sp³-hybridized carbons (Fsp3) is 0.857. The van der Waals surface area contributed by atoms with Crippen molar-refractivity contribution < 1.29 is 19.1 Å². The molecule has 0 saturated heterocycles. The Bertz CT molecular complexity index is 287. The number of rotatable bonds is 6.